The Morgan fingerprint density at radius 3 is 1.59 bits per heavy atom. The van der Waals surface area contributed by atoms with Crippen LogP contribution < -0.4 is 0 Å². The van der Waals surface area contributed by atoms with E-state index in [1.165, 1.54) is 70.6 Å². The lowest BCUT2D eigenvalue weighted by Crippen LogP contribution is -2.64. The number of unbranched alkanes of at least 4 members (excludes halogenated alkanes) is 19. The first-order chi connectivity index (χ1) is 30.9. The maximum Gasteiger partial charge on any atom is 0.472 e. The molecule has 2 rings (SSSR count). The lowest BCUT2D eigenvalue weighted by atomic mass is 9.85. The third kappa shape index (κ3) is 27.6. The third-order valence-corrected chi connectivity index (χ3v) is 12.9. The number of ether oxygens (including phenoxy) is 3. The average molecular weight is 931 g/mol. The zero-order valence-electron chi connectivity index (χ0n) is 39.3. The molecular formula is C49H87O14P. The maximum absolute atomic E-state index is 12.8. The highest BCUT2D eigenvalue weighted by molar-refractivity contribution is 7.47. The molecule has 64 heavy (non-hydrogen) atoms. The first-order valence-corrected chi connectivity index (χ1v) is 26.4. The van der Waals surface area contributed by atoms with E-state index >= 15 is 0 Å². The minimum Gasteiger partial charge on any atom is -0.462 e. The SMILES string of the molecule is CCCCC/C=C\C/C=C\CCCCCCCCCCCC(=O)OC[C@H](COP(=O)(O)OC1[C@H](O)[C@H](O)C(O)[C@H](O)[C@H]1O)OC(=O)CCCCCCCC1OC1C/C=C\CCCCC. The molecule has 0 spiro atoms. The van der Waals surface area contributed by atoms with Crippen molar-refractivity contribution in [2.75, 3.05) is 13.2 Å². The third-order valence-electron chi connectivity index (χ3n) is 11.9. The summed E-state index contributed by atoms with van der Waals surface area (Å²) in [5.41, 5.74) is 0. The fourth-order valence-electron chi connectivity index (χ4n) is 7.74. The summed E-state index contributed by atoms with van der Waals surface area (Å²) in [6.07, 6.45) is 29.2. The van der Waals surface area contributed by atoms with Crippen LogP contribution in [-0.4, -0.2) is 111 Å². The highest BCUT2D eigenvalue weighted by Crippen LogP contribution is 2.47. The van der Waals surface area contributed by atoms with Crippen LogP contribution in [0.4, 0.5) is 0 Å². The minimum atomic E-state index is -5.13. The van der Waals surface area contributed by atoms with Crippen LogP contribution in [0.25, 0.3) is 0 Å². The Kier molecular flexibility index (Phi) is 32.8. The smallest absolute Gasteiger partial charge is 0.462 e. The van der Waals surface area contributed by atoms with Crippen LogP contribution in [0.15, 0.2) is 36.5 Å². The second-order valence-electron chi connectivity index (χ2n) is 17.7. The molecule has 1 aliphatic heterocycles. The van der Waals surface area contributed by atoms with Crippen molar-refractivity contribution in [2.24, 2.45) is 0 Å². The number of phosphoric ester groups is 1. The second-order valence-corrected chi connectivity index (χ2v) is 19.1. The first-order valence-electron chi connectivity index (χ1n) is 24.9. The molecule has 1 saturated carbocycles. The molecule has 10 atom stereocenters. The molecule has 0 aromatic carbocycles. The van der Waals surface area contributed by atoms with Gasteiger partial charge in [-0.3, -0.25) is 18.6 Å². The average Bonchev–Trinajstić information content (AvgIpc) is 4.03. The van der Waals surface area contributed by atoms with E-state index in [4.69, 9.17) is 23.3 Å². The van der Waals surface area contributed by atoms with Gasteiger partial charge in [0.15, 0.2) is 6.10 Å². The quantitative estimate of drug-likeness (QED) is 0.0111. The van der Waals surface area contributed by atoms with E-state index in [-0.39, 0.29) is 12.8 Å². The van der Waals surface area contributed by atoms with Gasteiger partial charge in [-0.2, -0.15) is 0 Å². The predicted octanol–water partition coefficient (Wildman–Crippen LogP) is 9.16. The van der Waals surface area contributed by atoms with E-state index in [2.05, 4.69) is 50.3 Å². The Balaban J connectivity index is 1.67. The molecular weight excluding hydrogens is 843 g/mol. The monoisotopic (exact) mass is 931 g/mol. The van der Waals surface area contributed by atoms with E-state index in [1.807, 2.05) is 0 Å². The highest BCUT2D eigenvalue weighted by Gasteiger charge is 2.51. The number of hydrogen-bond acceptors (Lipinski definition) is 13. The zero-order valence-corrected chi connectivity index (χ0v) is 40.2. The Morgan fingerprint density at radius 2 is 1.03 bits per heavy atom. The lowest BCUT2D eigenvalue weighted by Gasteiger charge is -2.41. The molecule has 2 aliphatic rings. The van der Waals surface area contributed by atoms with Gasteiger partial charge >= 0.3 is 19.8 Å². The van der Waals surface area contributed by atoms with Gasteiger partial charge in [0.1, 0.15) is 43.2 Å². The van der Waals surface area contributed by atoms with Crippen molar-refractivity contribution >= 4 is 19.8 Å². The summed E-state index contributed by atoms with van der Waals surface area (Å²) in [6, 6.07) is 0. The lowest BCUT2D eigenvalue weighted by molar-refractivity contribution is -0.220. The number of aliphatic hydroxyl groups excluding tert-OH is 5. The second kappa shape index (κ2) is 36.1. The molecule has 0 bridgehead atoms. The molecule has 15 heteroatoms. The van der Waals surface area contributed by atoms with Crippen LogP contribution in [-0.2, 0) is 37.4 Å². The molecule has 1 aliphatic carbocycles. The molecule has 0 aromatic rings. The number of rotatable bonds is 40. The molecule has 1 saturated heterocycles. The van der Waals surface area contributed by atoms with Crippen LogP contribution in [0.2, 0.25) is 0 Å². The summed E-state index contributed by atoms with van der Waals surface area (Å²) in [6.45, 7) is 3.23. The summed E-state index contributed by atoms with van der Waals surface area (Å²) in [7, 11) is -5.13. The number of hydrogen-bond donors (Lipinski definition) is 6. The Labute approximate surface area is 384 Å². The van der Waals surface area contributed by atoms with E-state index in [9.17, 15) is 44.6 Å². The summed E-state index contributed by atoms with van der Waals surface area (Å²) in [5.74, 6) is -1.12. The van der Waals surface area contributed by atoms with Gasteiger partial charge in [-0.05, 0) is 70.6 Å². The van der Waals surface area contributed by atoms with E-state index in [0.717, 1.165) is 83.5 Å². The zero-order chi connectivity index (χ0) is 46.8. The van der Waals surface area contributed by atoms with Crippen molar-refractivity contribution in [2.45, 2.75) is 249 Å². The summed E-state index contributed by atoms with van der Waals surface area (Å²) in [5, 5.41) is 50.2. The number of phosphoric acid groups is 1. The van der Waals surface area contributed by atoms with Crippen molar-refractivity contribution in [1.82, 2.24) is 0 Å². The van der Waals surface area contributed by atoms with Crippen molar-refractivity contribution in [3.8, 4) is 0 Å². The number of allylic oxidation sites excluding steroid dienone is 5. The van der Waals surface area contributed by atoms with Crippen LogP contribution >= 0.6 is 7.82 Å². The topological polar surface area (TPSA) is 222 Å². The fourth-order valence-corrected chi connectivity index (χ4v) is 8.71. The molecule has 0 radical (unpaired) electrons. The normalized spacial score (nSPS) is 25.0. The number of aliphatic hydroxyl groups is 5. The predicted molar refractivity (Wildman–Crippen MR) is 248 cm³/mol. The van der Waals surface area contributed by atoms with Crippen LogP contribution in [0.1, 0.15) is 194 Å². The van der Waals surface area contributed by atoms with Gasteiger partial charge in [0.25, 0.3) is 0 Å². The summed E-state index contributed by atoms with van der Waals surface area (Å²) >= 11 is 0. The minimum absolute atomic E-state index is 0.0728. The molecule has 5 unspecified atom stereocenters. The van der Waals surface area contributed by atoms with Crippen molar-refractivity contribution < 1.29 is 67.8 Å². The molecule has 2 fully saturated rings. The van der Waals surface area contributed by atoms with Crippen LogP contribution in [0.3, 0.4) is 0 Å². The van der Waals surface area contributed by atoms with E-state index in [0.29, 0.717) is 25.0 Å². The Hall–Kier alpha value is -1.97. The Bertz CT molecular complexity index is 1330. The van der Waals surface area contributed by atoms with Gasteiger partial charge in [0, 0.05) is 12.8 Å². The fraction of sp³-hybridized carbons (Fsp3) is 0.837. The van der Waals surface area contributed by atoms with Crippen molar-refractivity contribution in [3.63, 3.8) is 0 Å². The standard InChI is InChI=1S/C49H87O14P/c1-3-5-7-9-11-12-13-14-15-16-17-18-19-20-21-22-23-27-31-35-42(50)59-37-39(38-60-64(57,58)63-49-47(55)45(53)44(52)46(54)48(49)56)61-43(51)36-32-28-24-26-30-34-41-40(62-41)33-29-25-10-8-6-4-2/h11-12,14-15,25,29,39-41,44-49,52-56H,3-10,13,16-24,26-28,30-38H2,1-2H3,(H,57,58)/b12-11-,15-14-,29-25-/t39-,40?,41?,44?,45-,46+,47-,48-,49?/m1/s1. The van der Waals surface area contributed by atoms with E-state index < -0.39 is 75.7 Å². The van der Waals surface area contributed by atoms with Gasteiger partial charge < -0.3 is 44.6 Å². The molecule has 372 valence electrons. The van der Waals surface area contributed by atoms with E-state index in [1.54, 1.807) is 0 Å². The van der Waals surface area contributed by atoms with Crippen LogP contribution in [0.5, 0.6) is 0 Å². The molecule has 6 N–H and O–H groups in total. The number of esters is 2. The molecule has 14 nitrogen and oxygen atoms in total. The van der Waals surface area contributed by atoms with Crippen LogP contribution in [0, 0.1) is 0 Å². The molecule has 0 amide bonds. The number of epoxide rings is 1. The number of carbonyl (C=O) groups excluding carboxylic acids is 2. The Morgan fingerprint density at radius 1 is 0.562 bits per heavy atom. The van der Waals surface area contributed by atoms with Gasteiger partial charge in [0.2, 0.25) is 0 Å². The van der Waals surface area contributed by atoms with Crippen molar-refractivity contribution in [1.29, 1.82) is 0 Å². The summed E-state index contributed by atoms with van der Waals surface area (Å²) in [4.78, 5) is 35.8. The number of carbonyl (C=O) groups is 2. The van der Waals surface area contributed by atoms with Gasteiger partial charge in [-0.15, -0.1) is 0 Å². The largest absolute Gasteiger partial charge is 0.472 e. The van der Waals surface area contributed by atoms with Crippen molar-refractivity contribution in [3.05, 3.63) is 36.5 Å². The highest BCUT2D eigenvalue weighted by atomic mass is 31.2. The van der Waals surface area contributed by atoms with Gasteiger partial charge in [-0.1, -0.05) is 147 Å². The van der Waals surface area contributed by atoms with Gasteiger partial charge in [-0.25, -0.2) is 4.57 Å². The first kappa shape index (κ1) is 58.2. The summed E-state index contributed by atoms with van der Waals surface area (Å²) < 4.78 is 39.4. The maximum atomic E-state index is 12.8. The molecule has 1 heterocycles. The van der Waals surface area contributed by atoms with Gasteiger partial charge in [0.05, 0.1) is 18.8 Å². The molecule has 0 aromatic heterocycles.